The molecule has 5 heteroatoms. The molecule has 0 atom stereocenters. The zero-order valence-electron chi connectivity index (χ0n) is 13.2. The van der Waals surface area contributed by atoms with E-state index in [-0.39, 0.29) is 6.04 Å². The second kappa shape index (κ2) is 8.34. The summed E-state index contributed by atoms with van der Waals surface area (Å²) in [4.78, 5) is 0. The van der Waals surface area contributed by atoms with E-state index >= 15 is 0 Å². The lowest BCUT2D eigenvalue weighted by Crippen LogP contribution is -2.33. The number of anilines is 1. The standard InChI is InChI=1S/C20H16Cl2N2S/c21-17-12-11-16(13-18(17)22)23-20(25)24-19(14-7-3-1-4-8-14)15-9-5-2-6-10-15/h1-13,19H,(H2,23,24,25). The molecule has 3 aromatic carbocycles. The van der Waals surface area contributed by atoms with Crippen molar-refractivity contribution in [1.29, 1.82) is 0 Å². The molecule has 0 fully saturated rings. The molecule has 0 aromatic heterocycles. The van der Waals surface area contributed by atoms with E-state index < -0.39 is 0 Å². The zero-order valence-corrected chi connectivity index (χ0v) is 15.6. The molecule has 0 aliphatic carbocycles. The van der Waals surface area contributed by atoms with E-state index in [1.807, 2.05) is 42.5 Å². The Morgan fingerprint density at radius 2 is 1.32 bits per heavy atom. The second-order valence-electron chi connectivity index (χ2n) is 5.48. The third-order valence-electron chi connectivity index (χ3n) is 3.72. The molecule has 0 radical (unpaired) electrons. The number of halogens is 2. The van der Waals surface area contributed by atoms with Crippen LogP contribution in [0.15, 0.2) is 78.9 Å². The van der Waals surface area contributed by atoms with Crippen molar-refractivity contribution in [3.8, 4) is 0 Å². The Morgan fingerprint density at radius 1 is 0.760 bits per heavy atom. The van der Waals surface area contributed by atoms with Gasteiger partial charge in [0, 0.05) is 5.69 Å². The number of thiocarbonyl (C=S) groups is 1. The van der Waals surface area contributed by atoms with Gasteiger partial charge in [0.1, 0.15) is 0 Å². The summed E-state index contributed by atoms with van der Waals surface area (Å²) in [7, 11) is 0. The molecule has 3 rings (SSSR count). The van der Waals surface area contributed by atoms with Crippen LogP contribution in [0.1, 0.15) is 17.2 Å². The van der Waals surface area contributed by atoms with Crippen molar-refractivity contribution < 1.29 is 0 Å². The van der Waals surface area contributed by atoms with Crippen LogP contribution in [0.4, 0.5) is 5.69 Å². The number of nitrogens with one attached hydrogen (secondary N) is 2. The van der Waals surface area contributed by atoms with Gasteiger partial charge >= 0.3 is 0 Å². The predicted molar refractivity (Wildman–Crippen MR) is 111 cm³/mol. The summed E-state index contributed by atoms with van der Waals surface area (Å²) in [5.41, 5.74) is 3.05. The monoisotopic (exact) mass is 386 g/mol. The molecule has 2 N–H and O–H groups in total. The summed E-state index contributed by atoms with van der Waals surface area (Å²) >= 11 is 17.5. The first kappa shape index (κ1) is 17.7. The van der Waals surface area contributed by atoms with Gasteiger partial charge in [-0.05, 0) is 41.5 Å². The Labute approximate surface area is 162 Å². The summed E-state index contributed by atoms with van der Waals surface area (Å²) in [5, 5.41) is 8.04. The van der Waals surface area contributed by atoms with E-state index in [1.165, 1.54) is 0 Å². The minimum Gasteiger partial charge on any atom is -0.352 e. The largest absolute Gasteiger partial charge is 0.352 e. The van der Waals surface area contributed by atoms with Crippen LogP contribution in [0.2, 0.25) is 10.0 Å². The molecule has 0 saturated heterocycles. The van der Waals surface area contributed by atoms with E-state index in [0.29, 0.717) is 15.2 Å². The van der Waals surface area contributed by atoms with Crippen LogP contribution in [-0.4, -0.2) is 5.11 Å². The van der Waals surface area contributed by atoms with Crippen LogP contribution in [0.5, 0.6) is 0 Å². The molecular weight excluding hydrogens is 371 g/mol. The van der Waals surface area contributed by atoms with Crippen LogP contribution in [-0.2, 0) is 0 Å². The minimum absolute atomic E-state index is 0.0508. The molecule has 3 aromatic rings. The van der Waals surface area contributed by atoms with Crippen molar-refractivity contribution in [3.63, 3.8) is 0 Å². The zero-order chi connectivity index (χ0) is 17.6. The first-order valence-corrected chi connectivity index (χ1v) is 8.92. The van der Waals surface area contributed by atoms with E-state index in [1.54, 1.807) is 12.1 Å². The average Bonchev–Trinajstić information content (AvgIpc) is 2.64. The van der Waals surface area contributed by atoms with Gasteiger partial charge in [-0.3, -0.25) is 0 Å². The molecule has 0 heterocycles. The van der Waals surface area contributed by atoms with E-state index in [4.69, 9.17) is 35.4 Å². The Morgan fingerprint density at radius 3 is 1.84 bits per heavy atom. The van der Waals surface area contributed by atoms with Crippen molar-refractivity contribution in [2.24, 2.45) is 0 Å². The molecule has 0 amide bonds. The number of hydrogen-bond donors (Lipinski definition) is 2. The fraction of sp³-hybridized carbons (Fsp3) is 0.0500. The summed E-state index contributed by atoms with van der Waals surface area (Å²) in [6, 6.07) is 25.6. The SMILES string of the molecule is S=C(Nc1ccc(Cl)c(Cl)c1)NC(c1ccccc1)c1ccccc1. The van der Waals surface area contributed by atoms with Crippen molar-refractivity contribution >= 4 is 46.2 Å². The quantitative estimate of drug-likeness (QED) is 0.532. The maximum Gasteiger partial charge on any atom is 0.171 e. The fourth-order valence-corrected chi connectivity index (χ4v) is 3.06. The number of benzene rings is 3. The first-order valence-electron chi connectivity index (χ1n) is 7.76. The summed E-state index contributed by atoms with van der Waals surface area (Å²) in [6.07, 6.45) is 0. The van der Waals surface area contributed by atoms with Crippen LogP contribution in [0.3, 0.4) is 0 Å². The lowest BCUT2D eigenvalue weighted by atomic mass is 9.99. The maximum absolute atomic E-state index is 6.06. The first-order chi connectivity index (χ1) is 12.1. The molecule has 0 aliphatic heterocycles. The predicted octanol–water partition coefficient (Wildman–Crippen LogP) is 6.07. The number of rotatable bonds is 4. The summed E-state index contributed by atoms with van der Waals surface area (Å²) < 4.78 is 0. The Bertz CT molecular complexity index is 815. The fourth-order valence-electron chi connectivity index (χ4n) is 2.52. The van der Waals surface area contributed by atoms with Gasteiger partial charge in [-0.15, -0.1) is 0 Å². The van der Waals surface area contributed by atoms with Gasteiger partial charge in [0.05, 0.1) is 16.1 Å². The van der Waals surface area contributed by atoms with Gasteiger partial charge in [0.15, 0.2) is 5.11 Å². The average molecular weight is 387 g/mol. The molecule has 0 bridgehead atoms. The van der Waals surface area contributed by atoms with Crippen LogP contribution in [0.25, 0.3) is 0 Å². The third-order valence-corrected chi connectivity index (χ3v) is 4.68. The van der Waals surface area contributed by atoms with Crippen molar-refractivity contribution in [1.82, 2.24) is 5.32 Å². The highest BCUT2D eigenvalue weighted by atomic mass is 35.5. The third kappa shape index (κ3) is 4.73. The normalized spacial score (nSPS) is 10.5. The van der Waals surface area contributed by atoms with Crippen LogP contribution >= 0.6 is 35.4 Å². The van der Waals surface area contributed by atoms with Gasteiger partial charge in [-0.25, -0.2) is 0 Å². The van der Waals surface area contributed by atoms with Crippen LogP contribution in [0, 0.1) is 0 Å². The highest BCUT2D eigenvalue weighted by Crippen LogP contribution is 2.26. The molecule has 25 heavy (non-hydrogen) atoms. The lowest BCUT2D eigenvalue weighted by molar-refractivity contribution is 0.769. The Hall–Kier alpha value is -2.07. The van der Waals surface area contributed by atoms with Crippen LogP contribution < -0.4 is 10.6 Å². The van der Waals surface area contributed by atoms with E-state index in [2.05, 4.69) is 34.9 Å². The summed E-state index contributed by atoms with van der Waals surface area (Å²) in [5.74, 6) is 0. The highest BCUT2D eigenvalue weighted by molar-refractivity contribution is 7.80. The van der Waals surface area contributed by atoms with Gasteiger partial charge in [-0.1, -0.05) is 83.9 Å². The lowest BCUT2D eigenvalue weighted by Gasteiger charge is -2.22. The molecule has 126 valence electrons. The highest BCUT2D eigenvalue weighted by Gasteiger charge is 2.15. The smallest absolute Gasteiger partial charge is 0.171 e. The Kier molecular flexibility index (Phi) is 5.92. The number of hydrogen-bond acceptors (Lipinski definition) is 1. The molecule has 0 saturated carbocycles. The van der Waals surface area contributed by atoms with Gasteiger partial charge < -0.3 is 10.6 Å². The minimum atomic E-state index is -0.0508. The van der Waals surface area contributed by atoms with Crippen molar-refractivity contribution in [2.75, 3.05) is 5.32 Å². The molecule has 2 nitrogen and oxygen atoms in total. The maximum atomic E-state index is 6.06. The van der Waals surface area contributed by atoms with Gasteiger partial charge in [0.25, 0.3) is 0 Å². The molecule has 0 aliphatic rings. The van der Waals surface area contributed by atoms with Crippen molar-refractivity contribution in [3.05, 3.63) is 100 Å². The van der Waals surface area contributed by atoms with E-state index in [9.17, 15) is 0 Å². The molecule has 0 spiro atoms. The van der Waals surface area contributed by atoms with Gasteiger partial charge in [-0.2, -0.15) is 0 Å². The van der Waals surface area contributed by atoms with E-state index in [0.717, 1.165) is 16.8 Å². The van der Waals surface area contributed by atoms with Gasteiger partial charge in [0.2, 0.25) is 0 Å². The Balaban J connectivity index is 1.80. The topological polar surface area (TPSA) is 24.1 Å². The summed E-state index contributed by atoms with van der Waals surface area (Å²) in [6.45, 7) is 0. The second-order valence-corrected chi connectivity index (χ2v) is 6.70. The molecular formula is C20H16Cl2N2S. The van der Waals surface area contributed by atoms with Crippen molar-refractivity contribution in [2.45, 2.75) is 6.04 Å². The molecule has 0 unspecified atom stereocenters.